The normalized spacial score (nSPS) is 25.5. The number of amides is 2. The molecule has 7 N–H and O–H groups in total. The van der Waals surface area contributed by atoms with Crippen LogP contribution in [-0.4, -0.2) is 107 Å². The molecule has 2 saturated heterocycles. The van der Waals surface area contributed by atoms with Gasteiger partial charge in [0.15, 0.2) is 6.29 Å². The van der Waals surface area contributed by atoms with Crippen LogP contribution in [0.15, 0.2) is 53.4 Å². The molecule has 2 aromatic carbocycles. The zero-order chi connectivity index (χ0) is 32.4. The van der Waals surface area contributed by atoms with Gasteiger partial charge in [-0.1, -0.05) is 6.07 Å². The molecule has 5 atom stereocenters. The summed E-state index contributed by atoms with van der Waals surface area (Å²) in [5, 5.41) is 34.2. The lowest BCUT2D eigenvalue weighted by Gasteiger charge is -2.41. The second-order valence-corrected chi connectivity index (χ2v) is 13.0. The number of aliphatic hydroxyl groups is 3. The van der Waals surface area contributed by atoms with Crippen LogP contribution < -0.4 is 15.5 Å². The van der Waals surface area contributed by atoms with Crippen molar-refractivity contribution in [2.75, 3.05) is 43.0 Å². The third kappa shape index (κ3) is 8.05. The van der Waals surface area contributed by atoms with Gasteiger partial charge < -0.3 is 45.4 Å². The molecule has 0 bridgehead atoms. The Kier molecular flexibility index (Phi) is 10.3. The number of nitrogens with zero attached hydrogens (tertiary/aromatic N) is 2. The highest BCUT2D eigenvalue weighted by atomic mass is 32.2. The van der Waals surface area contributed by atoms with E-state index in [1.807, 2.05) is 0 Å². The fourth-order valence-electron chi connectivity index (χ4n) is 4.70. The van der Waals surface area contributed by atoms with E-state index in [-0.39, 0.29) is 36.8 Å². The summed E-state index contributed by atoms with van der Waals surface area (Å²) in [4.78, 5) is 32.4. The van der Waals surface area contributed by atoms with E-state index in [9.17, 15) is 46.3 Å². The van der Waals surface area contributed by atoms with E-state index in [1.54, 1.807) is 4.90 Å². The van der Waals surface area contributed by atoms with Crippen LogP contribution in [0.3, 0.4) is 0 Å². The van der Waals surface area contributed by atoms with Crippen molar-refractivity contribution in [1.29, 1.82) is 0 Å². The van der Waals surface area contributed by atoms with Crippen LogP contribution in [-0.2, 0) is 30.0 Å². The average Bonchev–Trinajstić information content (AvgIpc) is 2.96. The molecule has 2 heterocycles. The summed E-state index contributed by atoms with van der Waals surface area (Å²) >= 11 is 0. The number of phosphoric ester groups is 1. The summed E-state index contributed by atoms with van der Waals surface area (Å²) in [7, 11) is -9.20. The first-order valence-electron chi connectivity index (χ1n) is 13.0. The monoisotopic (exact) mass is 670 g/mol. The molecule has 0 spiro atoms. The minimum absolute atomic E-state index is 0.00755. The third-order valence-electron chi connectivity index (χ3n) is 6.95. The number of halogens is 3. The van der Waals surface area contributed by atoms with E-state index >= 15 is 0 Å². The molecule has 2 aromatic rings. The van der Waals surface area contributed by atoms with Crippen LogP contribution >= 0.6 is 7.82 Å². The van der Waals surface area contributed by atoms with Crippen molar-refractivity contribution >= 4 is 35.3 Å². The Balaban J connectivity index is 1.37. The van der Waals surface area contributed by atoms with E-state index in [0.29, 0.717) is 5.69 Å². The van der Waals surface area contributed by atoms with E-state index in [4.69, 9.17) is 14.5 Å². The minimum Gasteiger partial charge on any atom is -0.394 e. The Morgan fingerprint density at radius 3 is 2.25 bits per heavy atom. The highest BCUT2D eigenvalue weighted by Gasteiger charge is 2.47. The smallest absolute Gasteiger partial charge is 0.394 e. The largest absolute Gasteiger partial charge is 0.472 e. The van der Waals surface area contributed by atoms with Gasteiger partial charge in [0, 0.05) is 37.6 Å². The number of benzene rings is 2. The number of phosphoric acid groups is 1. The molecular weight excluding hydrogens is 640 g/mol. The molecule has 0 radical (unpaired) electrons. The van der Waals surface area contributed by atoms with Gasteiger partial charge in [-0.2, -0.15) is 17.5 Å². The summed E-state index contributed by atoms with van der Waals surface area (Å²) in [6, 6.07) is 6.92. The number of rotatable bonds is 8. The summed E-state index contributed by atoms with van der Waals surface area (Å²) < 4.78 is 87.6. The number of anilines is 2. The minimum atomic E-state index is -5.20. The van der Waals surface area contributed by atoms with Gasteiger partial charge in [-0.05, 0) is 42.5 Å². The number of hydrogen-bond acceptors (Lipinski definition) is 10. The van der Waals surface area contributed by atoms with Crippen molar-refractivity contribution in [2.24, 2.45) is 0 Å². The maximum Gasteiger partial charge on any atom is 0.472 e. The molecule has 0 aliphatic carbocycles. The number of carbonyl (C=O) groups is 1. The molecule has 244 valence electrons. The van der Waals surface area contributed by atoms with Crippen LogP contribution in [0.4, 0.5) is 29.3 Å². The van der Waals surface area contributed by atoms with Crippen LogP contribution in [0, 0.1) is 0 Å². The Morgan fingerprint density at radius 2 is 1.68 bits per heavy atom. The second kappa shape index (κ2) is 13.3. The van der Waals surface area contributed by atoms with Crippen molar-refractivity contribution in [3.8, 4) is 0 Å². The summed E-state index contributed by atoms with van der Waals surface area (Å²) in [6.07, 6.45) is -11.6. The SMILES string of the molecule is O=C(Nc1ccc(S(=O)(=O)N2CCN(c3cccc(C(F)(F)F)c3)CC2)cc1)NC1C(OP(=O)(O)O)OC(CO)C(O)C1O. The van der Waals surface area contributed by atoms with Crippen molar-refractivity contribution in [1.82, 2.24) is 9.62 Å². The molecule has 0 saturated carbocycles. The van der Waals surface area contributed by atoms with E-state index in [1.165, 1.54) is 40.7 Å². The Labute approximate surface area is 249 Å². The molecule has 0 aromatic heterocycles. The molecule has 2 amide bonds. The second-order valence-electron chi connectivity index (χ2n) is 9.89. The van der Waals surface area contributed by atoms with Crippen molar-refractivity contribution in [3.63, 3.8) is 0 Å². The molecule has 2 aliphatic rings. The van der Waals surface area contributed by atoms with Gasteiger partial charge in [0.25, 0.3) is 0 Å². The number of aliphatic hydroxyl groups excluding tert-OH is 3. The predicted molar refractivity (Wildman–Crippen MR) is 146 cm³/mol. The van der Waals surface area contributed by atoms with E-state index in [0.717, 1.165) is 12.1 Å². The van der Waals surface area contributed by atoms with Gasteiger partial charge in [-0.15, -0.1) is 0 Å². The number of ether oxygens (including phenoxy) is 1. The number of sulfonamides is 1. The van der Waals surface area contributed by atoms with Crippen LogP contribution in [0.5, 0.6) is 0 Å². The van der Waals surface area contributed by atoms with Gasteiger partial charge in [0.05, 0.1) is 17.1 Å². The predicted octanol–water partition coefficient (Wildman–Crippen LogP) is 0.255. The summed E-state index contributed by atoms with van der Waals surface area (Å²) in [6.45, 7) is -0.519. The topological polar surface area (TPSA) is 218 Å². The lowest BCUT2D eigenvalue weighted by Crippen LogP contribution is -2.65. The standard InChI is InChI=1S/C24H30F3N4O11PS/c25-24(26,27)14-2-1-3-16(12-14)30-8-10-31(11-9-30)44(39,40)17-6-4-15(5-7-17)28-23(35)29-19-21(34)20(33)18(13-32)41-22(19)42-43(36,37)38/h1-7,12,18-22,32-34H,8-11,13H2,(H2,28,29,35)(H2,36,37,38). The van der Waals surface area contributed by atoms with Crippen LogP contribution in [0.1, 0.15) is 5.56 Å². The van der Waals surface area contributed by atoms with Gasteiger partial charge in [0.2, 0.25) is 10.0 Å². The van der Waals surface area contributed by atoms with Crippen molar-refractivity contribution < 1.29 is 65.3 Å². The summed E-state index contributed by atoms with van der Waals surface area (Å²) in [5.74, 6) is 0. The van der Waals surface area contributed by atoms with Gasteiger partial charge >= 0.3 is 20.0 Å². The number of hydrogen-bond donors (Lipinski definition) is 7. The molecule has 4 rings (SSSR count). The average molecular weight is 671 g/mol. The first kappa shape index (κ1) is 34.0. The zero-order valence-corrected chi connectivity index (χ0v) is 24.3. The zero-order valence-electron chi connectivity index (χ0n) is 22.6. The fraction of sp³-hybridized carbons (Fsp3) is 0.458. The molecule has 44 heavy (non-hydrogen) atoms. The number of alkyl halides is 3. The lowest BCUT2D eigenvalue weighted by atomic mass is 9.97. The molecule has 15 nitrogen and oxygen atoms in total. The molecule has 2 fully saturated rings. The Morgan fingerprint density at radius 1 is 1.05 bits per heavy atom. The Bertz CT molecular complexity index is 1470. The Hall–Kier alpha value is -2.84. The maximum absolute atomic E-state index is 13.2. The lowest BCUT2D eigenvalue weighted by molar-refractivity contribution is -0.246. The van der Waals surface area contributed by atoms with Gasteiger partial charge in [-0.25, -0.2) is 17.8 Å². The van der Waals surface area contributed by atoms with E-state index < -0.39 is 72.9 Å². The number of urea groups is 1. The first-order chi connectivity index (χ1) is 20.5. The number of carbonyl (C=O) groups excluding carboxylic acids is 1. The first-order valence-corrected chi connectivity index (χ1v) is 15.9. The highest BCUT2D eigenvalue weighted by molar-refractivity contribution is 7.89. The highest BCUT2D eigenvalue weighted by Crippen LogP contribution is 2.40. The number of nitrogens with one attached hydrogen (secondary N) is 2. The molecule has 5 unspecified atom stereocenters. The number of piperazine rings is 1. The van der Waals surface area contributed by atoms with Crippen molar-refractivity contribution in [2.45, 2.75) is 41.7 Å². The molecule has 2 aliphatic heterocycles. The maximum atomic E-state index is 13.2. The van der Waals surface area contributed by atoms with E-state index in [2.05, 4.69) is 15.2 Å². The van der Waals surface area contributed by atoms with Crippen LogP contribution in [0.2, 0.25) is 0 Å². The third-order valence-corrected chi connectivity index (χ3v) is 9.34. The van der Waals surface area contributed by atoms with Gasteiger partial charge in [0.1, 0.15) is 24.4 Å². The molecule has 20 heteroatoms. The quantitative estimate of drug-likeness (QED) is 0.188. The fourth-order valence-corrected chi connectivity index (χ4v) is 6.58. The van der Waals surface area contributed by atoms with Crippen LogP contribution in [0.25, 0.3) is 0 Å². The van der Waals surface area contributed by atoms with Crippen molar-refractivity contribution in [3.05, 3.63) is 54.1 Å². The summed E-state index contributed by atoms with van der Waals surface area (Å²) in [5.41, 5.74) is -0.415. The molecular formula is C24H30F3N4O11PS. The van der Waals surface area contributed by atoms with Gasteiger partial charge in [-0.3, -0.25) is 4.52 Å².